The highest BCUT2D eigenvalue weighted by Gasteiger charge is 2.27. The van der Waals surface area contributed by atoms with Crippen LogP contribution in [-0.2, 0) is 4.79 Å². The summed E-state index contributed by atoms with van der Waals surface area (Å²) in [4.78, 5) is 13.7. The van der Waals surface area contributed by atoms with E-state index in [-0.39, 0.29) is 11.9 Å². The summed E-state index contributed by atoms with van der Waals surface area (Å²) >= 11 is 0. The van der Waals surface area contributed by atoms with Crippen LogP contribution < -0.4 is 11.1 Å². The van der Waals surface area contributed by atoms with Gasteiger partial charge in [-0.15, -0.1) is 0 Å². The molecule has 4 heteroatoms. The molecule has 0 aromatic carbocycles. The van der Waals surface area contributed by atoms with Gasteiger partial charge in [-0.05, 0) is 11.8 Å². The van der Waals surface area contributed by atoms with E-state index in [1.54, 1.807) is 0 Å². The molecule has 1 aliphatic rings. The molecule has 3 N–H and O–H groups in total. The zero-order chi connectivity index (χ0) is 11.4. The van der Waals surface area contributed by atoms with E-state index in [2.05, 4.69) is 31.0 Å². The van der Waals surface area contributed by atoms with Crippen LogP contribution in [0.4, 0.5) is 0 Å². The number of amides is 1. The molecule has 0 bridgehead atoms. The summed E-state index contributed by atoms with van der Waals surface area (Å²) in [6.45, 7) is 9.35. The largest absolute Gasteiger partial charge is 0.355 e. The minimum Gasteiger partial charge on any atom is -0.355 e. The molecule has 0 aromatic rings. The molecule has 1 heterocycles. The second-order valence-electron chi connectivity index (χ2n) is 5.03. The van der Waals surface area contributed by atoms with Crippen LogP contribution in [0.15, 0.2) is 0 Å². The van der Waals surface area contributed by atoms with Crippen molar-refractivity contribution in [3.63, 3.8) is 0 Å². The summed E-state index contributed by atoms with van der Waals surface area (Å²) in [6, 6.07) is 0.225. The van der Waals surface area contributed by atoms with Crippen molar-refractivity contribution in [3.8, 4) is 0 Å². The van der Waals surface area contributed by atoms with Crippen LogP contribution in [-0.4, -0.2) is 43.0 Å². The number of hydrogen-bond acceptors (Lipinski definition) is 3. The minimum atomic E-state index is 0.116. The van der Waals surface area contributed by atoms with Gasteiger partial charge in [0.05, 0.1) is 6.54 Å². The number of carbonyl (C=O) groups excluding carboxylic acids is 1. The Bertz CT molecular complexity index is 208. The molecule has 1 rings (SSSR count). The lowest BCUT2D eigenvalue weighted by molar-refractivity contribution is -0.122. The van der Waals surface area contributed by atoms with E-state index < -0.39 is 0 Å². The summed E-state index contributed by atoms with van der Waals surface area (Å²) < 4.78 is 0. The summed E-state index contributed by atoms with van der Waals surface area (Å²) in [7, 11) is 0. The molecule has 2 unspecified atom stereocenters. The maximum atomic E-state index is 11.5. The molecule has 0 aliphatic carbocycles. The molecule has 88 valence electrons. The lowest BCUT2D eigenvalue weighted by atomic mass is 10.1. The summed E-state index contributed by atoms with van der Waals surface area (Å²) in [6.07, 6.45) is 0. The first-order chi connectivity index (χ1) is 6.99. The zero-order valence-electron chi connectivity index (χ0n) is 9.99. The van der Waals surface area contributed by atoms with E-state index in [9.17, 15) is 4.79 Å². The van der Waals surface area contributed by atoms with E-state index in [1.807, 2.05) is 0 Å². The van der Waals surface area contributed by atoms with Gasteiger partial charge in [0, 0.05) is 25.7 Å². The Hall–Kier alpha value is -0.610. The standard InChI is InChI=1S/C11H23N3O/c1-8(2)4-13-11(15)7-14-5-9(3)10(12)6-14/h8-10H,4-7,12H2,1-3H3,(H,13,15). The smallest absolute Gasteiger partial charge is 0.234 e. The zero-order valence-corrected chi connectivity index (χ0v) is 9.99. The van der Waals surface area contributed by atoms with E-state index in [0.29, 0.717) is 18.4 Å². The van der Waals surface area contributed by atoms with Crippen LogP contribution in [0.1, 0.15) is 20.8 Å². The Balaban J connectivity index is 2.21. The number of rotatable bonds is 4. The van der Waals surface area contributed by atoms with Crippen molar-refractivity contribution in [2.75, 3.05) is 26.2 Å². The Labute approximate surface area is 92.2 Å². The van der Waals surface area contributed by atoms with Crippen LogP contribution in [0.2, 0.25) is 0 Å². The normalized spacial score (nSPS) is 27.3. The number of nitrogens with zero attached hydrogens (tertiary/aromatic N) is 1. The average Bonchev–Trinajstić information content (AvgIpc) is 2.42. The predicted octanol–water partition coefficient (Wildman–Crippen LogP) is 0.0376. The highest BCUT2D eigenvalue weighted by atomic mass is 16.2. The van der Waals surface area contributed by atoms with Crippen molar-refractivity contribution in [2.24, 2.45) is 17.6 Å². The van der Waals surface area contributed by atoms with Gasteiger partial charge in [-0.1, -0.05) is 20.8 Å². The van der Waals surface area contributed by atoms with Gasteiger partial charge in [0.1, 0.15) is 0 Å². The van der Waals surface area contributed by atoms with Gasteiger partial charge >= 0.3 is 0 Å². The Kier molecular flexibility index (Phi) is 4.54. The molecule has 1 aliphatic heterocycles. The van der Waals surface area contributed by atoms with Crippen LogP contribution in [0.3, 0.4) is 0 Å². The lowest BCUT2D eigenvalue weighted by Gasteiger charge is -2.15. The van der Waals surface area contributed by atoms with Crippen LogP contribution in [0.25, 0.3) is 0 Å². The van der Waals surface area contributed by atoms with Gasteiger partial charge in [0.25, 0.3) is 0 Å². The first kappa shape index (κ1) is 12.5. The minimum absolute atomic E-state index is 0.116. The van der Waals surface area contributed by atoms with Gasteiger partial charge in [-0.2, -0.15) is 0 Å². The topological polar surface area (TPSA) is 58.4 Å². The molecule has 0 saturated carbocycles. The second kappa shape index (κ2) is 5.47. The molecule has 1 fully saturated rings. The van der Waals surface area contributed by atoms with Crippen molar-refractivity contribution in [3.05, 3.63) is 0 Å². The van der Waals surface area contributed by atoms with E-state index in [0.717, 1.165) is 19.6 Å². The lowest BCUT2D eigenvalue weighted by Crippen LogP contribution is -2.38. The fourth-order valence-corrected chi connectivity index (χ4v) is 1.80. The monoisotopic (exact) mass is 213 g/mol. The number of likely N-dealkylation sites (tertiary alicyclic amines) is 1. The van der Waals surface area contributed by atoms with Gasteiger partial charge in [0.2, 0.25) is 5.91 Å². The highest BCUT2D eigenvalue weighted by Crippen LogP contribution is 2.13. The first-order valence-corrected chi connectivity index (χ1v) is 5.73. The maximum absolute atomic E-state index is 11.5. The predicted molar refractivity (Wildman–Crippen MR) is 61.4 cm³/mol. The SMILES string of the molecule is CC(C)CNC(=O)CN1CC(C)C(N)C1. The molecular formula is C11H23N3O. The summed E-state index contributed by atoms with van der Waals surface area (Å²) in [5.41, 5.74) is 5.89. The van der Waals surface area contributed by atoms with Crippen LogP contribution >= 0.6 is 0 Å². The molecule has 0 spiro atoms. The van der Waals surface area contributed by atoms with Crippen molar-refractivity contribution >= 4 is 5.91 Å². The summed E-state index contributed by atoms with van der Waals surface area (Å²) in [5, 5.41) is 2.92. The Morgan fingerprint density at radius 2 is 2.20 bits per heavy atom. The van der Waals surface area contributed by atoms with Crippen molar-refractivity contribution in [1.82, 2.24) is 10.2 Å². The van der Waals surface area contributed by atoms with Gasteiger partial charge in [0.15, 0.2) is 0 Å². The molecule has 4 nitrogen and oxygen atoms in total. The average molecular weight is 213 g/mol. The van der Waals surface area contributed by atoms with Gasteiger partial charge < -0.3 is 11.1 Å². The van der Waals surface area contributed by atoms with E-state index in [4.69, 9.17) is 5.73 Å². The van der Waals surface area contributed by atoms with E-state index in [1.165, 1.54) is 0 Å². The fraction of sp³-hybridized carbons (Fsp3) is 0.909. The number of nitrogens with one attached hydrogen (secondary N) is 1. The van der Waals surface area contributed by atoms with Crippen molar-refractivity contribution < 1.29 is 4.79 Å². The number of hydrogen-bond donors (Lipinski definition) is 2. The van der Waals surface area contributed by atoms with Gasteiger partial charge in [-0.25, -0.2) is 0 Å². The fourth-order valence-electron chi connectivity index (χ4n) is 1.80. The van der Waals surface area contributed by atoms with Gasteiger partial charge in [-0.3, -0.25) is 9.69 Å². The quantitative estimate of drug-likeness (QED) is 0.693. The van der Waals surface area contributed by atoms with Crippen molar-refractivity contribution in [1.29, 1.82) is 0 Å². The molecular weight excluding hydrogens is 190 g/mol. The third-order valence-corrected chi connectivity index (χ3v) is 2.82. The third-order valence-electron chi connectivity index (χ3n) is 2.82. The molecule has 0 aromatic heterocycles. The van der Waals surface area contributed by atoms with E-state index >= 15 is 0 Å². The molecule has 15 heavy (non-hydrogen) atoms. The maximum Gasteiger partial charge on any atom is 0.234 e. The Morgan fingerprint density at radius 3 is 2.67 bits per heavy atom. The third kappa shape index (κ3) is 4.18. The Morgan fingerprint density at radius 1 is 1.53 bits per heavy atom. The molecule has 1 saturated heterocycles. The molecule has 1 amide bonds. The van der Waals surface area contributed by atoms with Crippen LogP contribution in [0, 0.1) is 11.8 Å². The number of carbonyl (C=O) groups is 1. The summed E-state index contributed by atoms with van der Waals surface area (Å²) in [5.74, 6) is 1.13. The highest BCUT2D eigenvalue weighted by molar-refractivity contribution is 5.78. The molecule has 0 radical (unpaired) electrons. The van der Waals surface area contributed by atoms with Crippen LogP contribution in [0.5, 0.6) is 0 Å². The first-order valence-electron chi connectivity index (χ1n) is 5.73. The number of nitrogens with two attached hydrogens (primary N) is 1. The second-order valence-corrected chi connectivity index (χ2v) is 5.03. The molecule has 2 atom stereocenters. The van der Waals surface area contributed by atoms with Crippen molar-refractivity contribution in [2.45, 2.75) is 26.8 Å².